The number of morpholine rings is 1. The van der Waals surface area contributed by atoms with E-state index >= 15 is 0 Å². The number of thioether (sulfide) groups is 1. The number of imide groups is 1. The molecule has 0 bridgehead atoms. The molecule has 1 atom stereocenters. The second-order valence-electron chi connectivity index (χ2n) is 7.77. The number of amides is 2. The van der Waals surface area contributed by atoms with Crippen molar-refractivity contribution in [2.45, 2.75) is 21.8 Å². The summed E-state index contributed by atoms with van der Waals surface area (Å²) in [6.45, 7) is 1.22. The molecule has 35 heavy (non-hydrogen) atoms. The SMILES string of the molecule is O=C1CC(Sc2nnc(-c3cccc(S(=O)(=O)N4CCOCC4)c3)o2)C(=O)N1c1ccc(F)cc1. The van der Waals surface area contributed by atoms with Crippen LogP contribution in [0.4, 0.5) is 10.1 Å². The lowest BCUT2D eigenvalue weighted by molar-refractivity contribution is -0.121. The number of sulfonamides is 1. The minimum Gasteiger partial charge on any atom is -0.411 e. The maximum Gasteiger partial charge on any atom is 0.277 e. The summed E-state index contributed by atoms with van der Waals surface area (Å²) in [6, 6.07) is 11.2. The molecule has 1 unspecified atom stereocenters. The first-order valence-electron chi connectivity index (χ1n) is 10.6. The maximum absolute atomic E-state index is 13.2. The molecule has 5 rings (SSSR count). The third-order valence-electron chi connectivity index (χ3n) is 5.53. The van der Waals surface area contributed by atoms with E-state index in [-0.39, 0.29) is 41.2 Å². The summed E-state index contributed by atoms with van der Waals surface area (Å²) in [4.78, 5) is 26.3. The second kappa shape index (κ2) is 9.49. The number of anilines is 1. The first-order chi connectivity index (χ1) is 16.8. The number of ether oxygens (including phenoxy) is 1. The lowest BCUT2D eigenvalue weighted by atomic mass is 10.2. The predicted molar refractivity (Wildman–Crippen MR) is 122 cm³/mol. The van der Waals surface area contributed by atoms with Gasteiger partial charge in [0.25, 0.3) is 5.22 Å². The van der Waals surface area contributed by atoms with Crippen LogP contribution < -0.4 is 4.90 Å². The maximum atomic E-state index is 13.2. The first-order valence-corrected chi connectivity index (χ1v) is 13.0. The largest absolute Gasteiger partial charge is 0.411 e. The van der Waals surface area contributed by atoms with Crippen molar-refractivity contribution in [1.29, 1.82) is 0 Å². The molecule has 2 aliphatic rings. The second-order valence-corrected chi connectivity index (χ2v) is 10.9. The van der Waals surface area contributed by atoms with Crippen LogP contribution in [0.5, 0.6) is 0 Å². The van der Waals surface area contributed by atoms with Crippen LogP contribution in [0.15, 0.2) is 63.1 Å². The van der Waals surface area contributed by atoms with E-state index in [2.05, 4.69) is 10.2 Å². The van der Waals surface area contributed by atoms with Gasteiger partial charge >= 0.3 is 0 Å². The highest BCUT2D eigenvalue weighted by molar-refractivity contribution is 8.00. The average Bonchev–Trinajstić information content (AvgIpc) is 3.44. The molecule has 0 spiro atoms. The van der Waals surface area contributed by atoms with Gasteiger partial charge in [0.05, 0.1) is 23.8 Å². The molecule has 2 fully saturated rings. The van der Waals surface area contributed by atoms with E-state index < -0.39 is 32.9 Å². The molecular weight excluding hydrogens is 499 g/mol. The van der Waals surface area contributed by atoms with E-state index in [9.17, 15) is 22.4 Å². The van der Waals surface area contributed by atoms with Crippen LogP contribution in [0.3, 0.4) is 0 Å². The minimum atomic E-state index is -3.71. The van der Waals surface area contributed by atoms with Crippen molar-refractivity contribution in [1.82, 2.24) is 14.5 Å². The van der Waals surface area contributed by atoms with Gasteiger partial charge in [-0.1, -0.05) is 17.8 Å². The highest BCUT2D eigenvalue weighted by Gasteiger charge is 2.41. The van der Waals surface area contributed by atoms with E-state index in [0.717, 1.165) is 16.7 Å². The van der Waals surface area contributed by atoms with Gasteiger partial charge in [-0.2, -0.15) is 4.31 Å². The molecule has 2 amide bonds. The van der Waals surface area contributed by atoms with Crippen LogP contribution in [-0.4, -0.2) is 66.3 Å². The molecule has 1 aromatic heterocycles. The number of halogens is 1. The molecule has 2 aliphatic heterocycles. The third kappa shape index (κ3) is 4.72. The number of benzene rings is 2. The van der Waals surface area contributed by atoms with Crippen LogP contribution in [0.25, 0.3) is 11.5 Å². The lowest BCUT2D eigenvalue weighted by Crippen LogP contribution is -2.40. The van der Waals surface area contributed by atoms with Gasteiger partial charge in [-0.15, -0.1) is 10.2 Å². The smallest absolute Gasteiger partial charge is 0.277 e. The highest BCUT2D eigenvalue weighted by Crippen LogP contribution is 2.35. The van der Waals surface area contributed by atoms with Crippen LogP contribution in [0.1, 0.15) is 6.42 Å². The Morgan fingerprint density at radius 1 is 1.03 bits per heavy atom. The molecule has 3 aromatic rings. The average molecular weight is 519 g/mol. The summed E-state index contributed by atoms with van der Waals surface area (Å²) in [5.74, 6) is -1.28. The number of hydrogen-bond donors (Lipinski definition) is 0. The molecule has 0 saturated carbocycles. The molecule has 13 heteroatoms. The Hall–Kier alpha value is -3.13. The quantitative estimate of drug-likeness (QED) is 0.452. The number of aromatic nitrogens is 2. The van der Waals surface area contributed by atoms with Crippen LogP contribution >= 0.6 is 11.8 Å². The van der Waals surface area contributed by atoms with Gasteiger partial charge in [0.1, 0.15) is 11.1 Å². The van der Waals surface area contributed by atoms with E-state index in [1.807, 2.05) is 0 Å². The molecule has 2 aromatic carbocycles. The lowest BCUT2D eigenvalue weighted by Gasteiger charge is -2.26. The monoisotopic (exact) mass is 518 g/mol. The molecule has 0 N–H and O–H groups in total. The summed E-state index contributed by atoms with van der Waals surface area (Å²) in [7, 11) is -3.71. The Balaban J connectivity index is 1.32. The van der Waals surface area contributed by atoms with Gasteiger partial charge in [-0.25, -0.2) is 17.7 Å². The Bertz CT molecular complexity index is 1370. The van der Waals surface area contributed by atoms with Crippen molar-refractivity contribution in [2.75, 3.05) is 31.2 Å². The van der Waals surface area contributed by atoms with Crippen LogP contribution in [0, 0.1) is 5.82 Å². The topological polar surface area (TPSA) is 123 Å². The van der Waals surface area contributed by atoms with Crippen LogP contribution in [0.2, 0.25) is 0 Å². The van der Waals surface area contributed by atoms with Crippen molar-refractivity contribution in [3.63, 3.8) is 0 Å². The number of carbonyl (C=O) groups excluding carboxylic acids is 2. The predicted octanol–water partition coefficient (Wildman–Crippen LogP) is 2.32. The van der Waals surface area contributed by atoms with Crippen molar-refractivity contribution in [2.24, 2.45) is 0 Å². The summed E-state index contributed by atoms with van der Waals surface area (Å²) >= 11 is 0.946. The summed E-state index contributed by atoms with van der Waals surface area (Å²) in [6.07, 6.45) is -0.0775. The van der Waals surface area contributed by atoms with E-state index in [4.69, 9.17) is 9.15 Å². The van der Waals surface area contributed by atoms with E-state index in [0.29, 0.717) is 18.8 Å². The van der Waals surface area contributed by atoms with Crippen LogP contribution in [-0.2, 0) is 24.3 Å². The Kier molecular flexibility index (Phi) is 6.40. The molecule has 182 valence electrons. The fourth-order valence-corrected chi connectivity index (χ4v) is 6.12. The Morgan fingerprint density at radius 2 is 1.77 bits per heavy atom. The van der Waals surface area contributed by atoms with E-state index in [1.54, 1.807) is 12.1 Å². The van der Waals surface area contributed by atoms with Crippen molar-refractivity contribution in [3.05, 3.63) is 54.3 Å². The van der Waals surface area contributed by atoms with Crippen molar-refractivity contribution < 1.29 is 31.6 Å². The summed E-state index contributed by atoms with van der Waals surface area (Å²) < 4.78 is 51.3. The van der Waals surface area contributed by atoms with Gasteiger partial charge in [-0.3, -0.25) is 9.59 Å². The number of rotatable bonds is 6. The molecule has 0 aliphatic carbocycles. The Morgan fingerprint density at radius 3 is 2.51 bits per heavy atom. The van der Waals surface area contributed by atoms with Crippen molar-refractivity contribution >= 4 is 39.3 Å². The molecule has 10 nitrogen and oxygen atoms in total. The van der Waals surface area contributed by atoms with E-state index in [1.165, 1.54) is 40.7 Å². The van der Waals surface area contributed by atoms with Gasteiger partial charge < -0.3 is 9.15 Å². The molecule has 3 heterocycles. The van der Waals surface area contributed by atoms with Gasteiger partial charge in [0.15, 0.2) is 0 Å². The summed E-state index contributed by atoms with van der Waals surface area (Å²) in [5, 5.41) is 7.20. The fourth-order valence-electron chi connectivity index (χ4n) is 3.78. The minimum absolute atomic E-state index is 0.0635. The zero-order valence-electron chi connectivity index (χ0n) is 18.2. The standard InChI is InChI=1S/C22H19FN4O6S2/c23-15-4-6-16(7-5-15)27-19(28)13-18(21(27)29)34-22-25-24-20(33-22)14-2-1-3-17(12-14)35(30,31)26-8-10-32-11-9-26/h1-7,12,18H,8-11,13H2. The van der Waals surface area contributed by atoms with Gasteiger partial charge in [-0.05, 0) is 42.5 Å². The third-order valence-corrected chi connectivity index (χ3v) is 8.44. The Labute approximate surface area is 204 Å². The molecule has 0 radical (unpaired) electrons. The van der Waals surface area contributed by atoms with Gasteiger partial charge in [0, 0.05) is 25.1 Å². The normalized spacial score (nSPS) is 19.5. The summed E-state index contributed by atoms with van der Waals surface area (Å²) in [5.41, 5.74) is 0.689. The number of carbonyl (C=O) groups is 2. The molecular formula is C22H19FN4O6S2. The zero-order chi connectivity index (χ0) is 24.6. The first kappa shape index (κ1) is 23.6. The number of hydrogen-bond acceptors (Lipinski definition) is 9. The molecule has 2 saturated heterocycles. The zero-order valence-corrected chi connectivity index (χ0v) is 19.8. The van der Waals surface area contributed by atoms with Crippen molar-refractivity contribution in [3.8, 4) is 11.5 Å². The highest BCUT2D eigenvalue weighted by atomic mass is 32.2. The fraction of sp³-hybridized carbons (Fsp3) is 0.273. The number of nitrogens with zero attached hydrogens (tertiary/aromatic N) is 4. The van der Waals surface area contributed by atoms with Gasteiger partial charge in [0.2, 0.25) is 27.7 Å².